The van der Waals surface area contributed by atoms with Crippen molar-refractivity contribution >= 4 is 28.7 Å². The number of pyridine rings is 1. The molecule has 1 aliphatic rings. The van der Waals surface area contributed by atoms with Gasteiger partial charge in [-0.3, -0.25) is 9.59 Å². The van der Waals surface area contributed by atoms with E-state index in [4.69, 9.17) is 4.74 Å². The Morgan fingerprint density at radius 2 is 2.00 bits per heavy atom. The number of hydrogen-bond donors (Lipinski definition) is 1. The first kappa shape index (κ1) is 21.6. The van der Waals surface area contributed by atoms with Crippen molar-refractivity contribution in [2.24, 2.45) is 0 Å². The highest BCUT2D eigenvalue weighted by atomic mass is 19.1. The molecule has 0 spiro atoms. The Hall–Kier alpha value is -4.21. The third-order valence-electron chi connectivity index (χ3n) is 5.96. The SMILES string of the molecule is CCOC(=O)C1(C)C(=O)Nc2nc(-c3nn(Cc4ccccc4F)c4ncccc34)nc(C)c21. The van der Waals surface area contributed by atoms with Gasteiger partial charge in [0.2, 0.25) is 5.91 Å². The van der Waals surface area contributed by atoms with E-state index in [-0.39, 0.29) is 30.6 Å². The van der Waals surface area contributed by atoms with Gasteiger partial charge in [0, 0.05) is 23.0 Å². The van der Waals surface area contributed by atoms with Crippen LogP contribution < -0.4 is 5.32 Å². The number of halogens is 1. The molecule has 3 aromatic heterocycles. The molecule has 172 valence electrons. The van der Waals surface area contributed by atoms with E-state index in [2.05, 4.69) is 25.4 Å². The molecule has 1 aromatic carbocycles. The number of esters is 1. The maximum atomic E-state index is 14.3. The summed E-state index contributed by atoms with van der Waals surface area (Å²) in [6.07, 6.45) is 1.63. The fourth-order valence-electron chi connectivity index (χ4n) is 4.26. The van der Waals surface area contributed by atoms with Crippen molar-refractivity contribution in [2.45, 2.75) is 32.7 Å². The van der Waals surface area contributed by atoms with Gasteiger partial charge in [0.25, 0.3) is 0 Å². The lowest BCUT2D eigenvalue weighted by Crippen LogP contribution is -2.41. The van der Waals surface area contributed by atoms with Gasteiger partial charge in [-0.1, -0.05) is 18.2 Å². The maximum absolute atomic E-state index is 14.3. The van der Waals surface area contributed by atoms with E-state index in [0.717, 1.165) is 0 Å². The molecular formula is C24H21FN6O3. The summed E-state index contributed by atoms with van der Waals surface area (Å²) in [6.45, 7) is 5.21. The lowest BCUT2D eigenvalue weighted by molar-refractivity contribution is -0.152. The highest BCUT2D eigenvalue weighted by Crippen LogP contribution is 2.40. The number of carbonyl (C=O) groups excluding carboxylic acids is 2. The van der Waals surface area contributed by atoms with E-state index >= 15 is 0 Å². The van der Waals surface area contributed by atoms with Crippen molar-refractivity contribution in [3.05, 3.63) is 65.2 Å². The van der Waals surface area contributed by atoms with Crippen LogP contribution in [0.1, 0.15) is 30.7 Å². The largest absolute Gasteiger partial charge is 0.465 e. The van der Waals surface area contributed by atoms with Crippen LogP contribution in [0.15, 0.2) is 42.6 Å². The van der Waals surface area contributed by atoms with Crippen LogP contribution in [0.2, 0.25) is 0 Å². The minimum absolute atomic E-state index is 0.146. The number of hydrogen-bond acceptors (Lipinski definition) is 7. The van der Waals surface area contributed by atoms with Crippen LogP contribution >= 0.6 is 0 Å². The first-order valence-electron chi connectivity index (χ1n) is 10.8. The lowest BCUT2D eigenvalue weighted by Gasteiger charge is -2.20. The molecule has 1 aliphatic heterocycles. The van der Waals surface area contributed by atoms with Crippen LogP contribution in [0.25, 0.3) is 22.6 Å². The molecule has 0 aliphatic carbocycles. The number of amides is 1. The molecule has 1 N–H and O–H groups in total. The summed E-state index contributed by atoms with van der Waals surface area (Å²) in [5.74, 6) is -1.02. The summed E-state index contributed by atoms with van der Waals surface area (Å²) in [5.41, 5.74) is 0.740. The molecule has 5 rings (SSSR count). The molecule has 0 bridgehead atoms. The highest BCUT2D eigenvalue weighted by molar-refractivity contribution is 6.18. The average Bonchev–Trinajstić information content (AvgIpc) is 3.31. The third-order valence-corrected chi connectivity index (χ3v) is 5.96. The zero-order valence-corrected chi connectivity index (χ0v) is 18.8. The number of aryl methyl sites for hydroxylation is 1. The van der Waals surface area contributed by atoms with Gasteiger partial charge in [-0.25, -0.2) is 24.0 Å². The van der Waals surface area contributed by atoms with Crippen molar-refractivity contribution in [3.8, 4) is 11.5 Å². The summed E-state index contributed by atoms with van der Waals surface area (Å²) in [5, 5.41) is 8.01. The average molecular weight is 460 g/mol. The lowest BCUT2D eigenvalue weighted by atomic mass is 9.83. The molecule has 9 nitrogen and oxygen atoms in total. The standard InChI is InChI=1S/C24H21FN6O3/c1-4-34-23(33)24(3)17-13(2)27-20(28-19(17)29-22(24)32)18-15-9-7-11-26-21(15)31(30-18)12-14-8-5-6-10-16(14)25/h5-11H,4,12H2,1-3H3,(H,27,28,29,32). The van der Waals surface area contributed by atoms with E-state index in [1.54, 1.807) is 49.0 Å². The number of nitrogens with zero attached hydrogens (tertiary/aromatic N) is 5. The second kappa shape index (κ2) is 7.98. The number of benzene rings is 1. The summed E-state index contributed by atoms with van der Waals surface area (Å²) in [7, 11) is 0. The van der Waals surface area contributed by atoms with E-state index in [0.29, 0.717) is 33.5 Å². The van der Waals surface area contributed by atoms with E-state index in [1.807, 2.05) is 6.07 Å². The zero-order valence-electron chi connectivity index (χ0n) is 18.8. The predicted octanol–water partition coefficient (Wildman–Crippen LogP) is 3.16. The van der Waals surface area contributed by atoms with Crippen LogP contribution in [0, 0.1) is 12.7 Å². The first-order chi connectivity index (χ1) is 16.3. The molecule has 0 fully saturated rings. The van der Waals surface area contributed by atoms with Crippen LogP contribution in [0.3, 0.4) is 0 Å². The molecule has 1 atom stereocenters. The van der Waals surface area contributed by atoms with Crippen LogP contribution in [0.5, 0.6) is 0 Å². The Kier molecular flexibility index (Phi) is 5.07. The number of carbonyl (C=O) groups is 2. The van der Waals surface area contributed by atoms with E-state index < -0.39 is 17.3 Å². The third kappa shape index (κ3) is 3.21. The topological polar surface area (TPSA) is 112 Å². The second-order valence-electron chi connectivity index (χ2n) is 8.13. The van der Waals surface area contributed by atoms with E-state index in [1.165, 1.54) is 13.0 Å². The Balaban J connectivity index is 1.63. The van der Waals surface area contributed by atoms with Gasteiger partial charge in [0.15, 0.2) is 16.9 Å². The number of aromatic nitrogens is 5. The quantitative estimate of drug-likeness (QED) is 0.360. The Morgan fingerprint density at radius 3 is 2.76 bits per heavy atom. The number of anilines is 1. The van der Waals surface area contributed by atoms with E-state index in [9.17, 15) is 14.0 Å². The molecule has 34 heavy (non-hydrogen) atoms. The number of fused-ring (bicyclic) bond motifs is 2. The Labute approximate surface area is 194 Å². The van der Waals surface area contributed by atoms with Gasteiger partial charge in [0.05, 0.1) is 18.5 Å². The fourth-order valence-corrected chi connectivity index (χ4v) is 4.26. The van der Waals surface area contributed by atoms with Crippen LogP contribution in [-0.2, 0) is 26.3 Å². The highest BCUT2D eigenvalue weighted by Gasteiger charge is 2.52. The summed E-state index contributed by atoms with van der Waals surface area (Å²) in [6, 6.07) is 10.1. The predicted molar refractivity (Wildman–Crippen MR) is 121 cm³/mol. The normalized spacial score (nSPS) is 17.0. The minimum atomic E-state index is -1.54. The first-order valence-corrected chi connectivity index (χ1v) is 10.8. The molecule has 1 amide bonds. The van der Waals surface area contributed by atoms with Crippen molar-refractivity contribution in [1.29, 1.82) is 0 Å². The van der Waals surface area contributed by atoms with Gasteiger partial charge >= 0.3 is 5.97 Å². The molecule has 4 aromatic rings. The van der Waals surface area contributed by atoms with Gasteiger partial charge in [-0.05, 0) is 39.0 Å². The smallest absolute Gasteiger partial charge is 0.326 e. The van der Waals surface area contributed by atoms with Gasteiger partial charge < -0.3 is 10.1 Å². The summed E-state index contributed by atoms with van der Waals surface area (Å²) in [4.78, 5) is 38.9. The molecule has 0 saturated heterocycles. The number of nitrogens with one attached hydrogen (secondary N) is 1. The zero-order chi connectivity index (χ0) is 24.0. The molecule has 4 heterocycles. The fraction of sp³-hybridized carbons (Fsp3) is 0.250. The number of ether oxygens (including phenoxy) is 1. The van der Waals surface area contributed by atoms with Crippen molar-refractivity contribution < 1.29 is 18.7 Å². The van der Waals surface area contributed by atoms with Crippen LogP contribution in [0.4, 0.5) is 10.2 Å². The molecular weight excluding hydrogens is 439 g/mol. The van der Waals surface area contributed by atoms with Crippen molar-refractivity contribution in [2.75, 3.05) is 11.9 Å². The van der Waals surface area contributed by atoms with Crippen molar-refractivity contribution in [3.63, 3.8) is 0 Å². The summed E-state index contributed by atoms with van der Waals surface area (Å²) >= 11 is 0. The molecule has 1 unspecified atom stereocenters. The Morgan fingerprint density at radius 1 is 1.21 bits per heavy atom. The van der Waals surface area contributed by atoms with Crippen LogP contribution in [-0.4, -0.2) is 43.2 Å². The second-order valence-corrected chi connectivity index (χ2v) is 8.13. The Bertz CT molecular complexity index is 1470. The molecule has 0 radical (unpaired) electrons. The van der Waals surface area contributed by atoms with Gasteiger partial charge in [-0.2, -0.15) is 5.10 Å². The maximum Gasteiger partial charge on any atom is 0.326 e. The van der Waals surface area contributed by atoms with Gasteiger partial charge in [-0.15, -0.1) is 0 Å². The molecule has 0 saturated carbocycles. The summed E-state index contributed by atoms with van der Waals surface area (Å²) < 4.78 is 21.0. The number of rotatable bonds is 5. The monoisotopic (exact) mass is 460 g/mol. The minimum Gasteiger partial charge on any atom is -0.465 e. The van der Waals surface area contributed by atoms with Gasteiger partial charge in [0.1, 0.15) is 17.3 Å². The van der Waals surface area contributed by atoms with Crippen molar-refractivity contribution in [1.82, 2.24) is 24.7 Å². The molecule has 10 heteroatoms.